The number of Topliss-reactive ketones (excluding diaryl/α,β-unsaturated/α-hetero) is 1. The second-order valence-electron chi connectivity index (χ2n) is 8.45. The lowest BCUT2D eigenvalue weighted by Crippen LogP contribution is -2.18. The number of hydrogen-bond acceptors (Lipinski definition) is 5. The number of ketones is 1. The summed E-state index contributed by atoms with van der Waals surface area (Å²) in [5.41, 5.74) is 5.84. The van der Waals surface area contributed by atoms with Crippen LogP contribution in [0.25, 0.3) is 0 Å². The number of pyridine rings is 1. The molecule has 1 unspecified atom stereocenters. The Labute approximate surface area is 188 Å². The highest BCUT2D eigenvalue weighted by atomic mass is 16.5. The molecular formula is C27H26N2O3. The monoisotopic (exact) mass is 426 g/mol. The number of nitrogens with zero attached hydrogens (tertiary/aromatic N) is 2. The quantitative estimate of drug-likeness (QED) is 0.513. The summed E-state index contributed by atoms with van der Waals surface area (Å²) in [6.07, 6.45) is -0.00765. The lowest BCUT2D eigenvalue weighted by molar-refractivity contribution is 0.0931. The normalized spacial score (nSPS) is 13.8. The summed E-state index contributed by atoms with van der Waals surface area (Å²) in [6, 6.07) is 17.3. The van der Waals surface area contributed by atoms with Crippen LogP contribution in [0.1, 0.15) is 76.3 Å². The van der Waals surface area contributed by atoms with Crippen LogP contribution in [0.5, 0.6) is 11.5 Å². The van der Waals surface area contributed by atoms with Crippen molar-refractivity contribution >= 4 is 5.78 Å². The first kappa shape index (κ1) is 21.6. The molecular weight excluding hydrogens is 400 g/mol. The Morgan fingerprint density at radius 1 is 1.03 bits per heavy atom. The molecule has 0 radical (unpaired) electrons. The Kier molecular flexibility index (Phi) is 5.96. The van der Waals surface area contributed by atoms with Gasteiger partial charge in [-0.2, -0.15) is 5.26 Å². The fourth-order valence-electron chi connectivity index (χ4n) is 4.19. The zero-order valence-corrected chi connectivity index (χ0v) is 18.8. The van der Waals surface area contributed by atoms with Gasteiger partial charge in [0.15, 0.2) is 5.78 Å². The maximum Gasteiger partial charge on any atom is 0.170 e. The largest absolute Gasteiger partial charge is 0.492 e. The van der Waals surface area contributed by atoms with Crippen LogP contribution in [0, 0.1) is 25.2 Å². The summed E-state index contributed by atoms with van der Waals surface area (Å²) in [4.78, 5) is 16.9. The van der Waals surface area contributed by atoms with E-state index in [0.29, 0.717) is 35.7 Å². The van der Waals surface area contributed by atoms with E-state index < -0.39 is 6.10 Å². The topological polar surface area (TPSA) is 72.2 Å². The molecule has 1 aliphatic heterocycles. The molecule has 1 aromatic heterocycles. The van der Waals surface area contributed by atoms with Gasteiger partial charge in [0.25, 0.3) is 0 Å². The predicted molar refractivity (Wildman–Crippen MR) is 122 cm³/mol. The van der Waals surface area contributed by atoms with Crippen molar-refractivity contribution in [3.05, 3.63) is 87.7 Å². The number of carbonyl (C=O) groups excluding carboxylic acids is 1. The van der Waals surface area contributed by atoms with Crippen molar-refractivity contribution in [2.75, 3.05) is 6.61 Å². The van der Waals surface area contributed by atoms with Gasteiger partial charge in [0.1, 0.15) is 17.6 Å². The predicted octanol–water partition coefficient (Wildman–Crippen LogP) is 5.83. The SMILES string of the molecule is Cc1cc(C(Oc2ccc3c(c2C(C)C)OCCC3=O)c2ccc(C#N)cc2)cc(C)n1. The lowest BCUT2D eigenvalue weighted by Gasteiger charge is -2.27. The van der Waals surface area contributed by atoms with E-state index in [9.17, 15) is 10.1 Å². The molecule has 0 N–H and O–H groups in total. The number of aromatic nitrogens is 1. The molecule has 162 valence electrons. The fraction of sp³-hybridized carbons (Fsp3) is 0.296. The molecule has 2 heterocycles. The Morgan fingerprint density at radius 2 is 1.72 bits per heavy atom. The van der Waals surface area contributed by atoms with Crippen LogP contribution in [0.3, 0.4) is 0 Å². The van der Waals surface area contributed by atoms with Crippen molar-refractivity contribution in [1.29, 1.82) is 5.26 Å². The third kappa shape index (κ3) is 4.22. The standard InChI is InChI=1S/C27H26N2O3/c1-16(2)25-24(10-9-22-23(30)11-12-31-27(22)25)32-26(20-7-5-19(15-28)6-8-20)21-13-17(3)29-18(4)14-21/h5-10,13-14,16,26H,11-12H2,1-4H3. The van der Waals surface area contributed by atoms with Crippen molar-refractivity contribution < 1.29 is 14.3 Å². The van der Waals surface area contributed by atoms with Crippen LogP contribution in [0.15, 0.2) is 48.5 Å². The summed E-state index contributed by atoms with van der Waals surface area (Å²) in [5, 5.41) is 9.19. The molecule has 1 atom stereocenters. The molecule has 5 heteroatoms. The van der Waals surface area contributed by atoms with Crippen molar-refractivity contribution in [1.82, 2.24) is 4.98 Å². The Balaban J connectivity index is 1.84. The van der Waals surface area contributed by atoms with Gasteiger partial charge < -0.3 is 9.47 Å². The van der Waals surface area contributed by atoms with E-state index in [1.165, 1.54) is 0 Å². The molecule has 0 saturated carbocycles. The Morgan fingerprint density at radius 3 is 2.34 bits per heavy atom. The van der Waals surface area contributed by atoms with E-state index in [1.54, 1.807) is 18.2 Å². The van der Waals surface area contributed by atoms with E-state index in [1.807, 2.05) is 44.2 Å². The van der Waals surface area contributed by atoms with Gasteiger partial charge in [0.05, 0.1) is 23.8 Å². The van der Waals surface area contributed by atoms with E-state index in [0.717, 1.165) is 28.1 Å². The number of carbonyl (C=O) groups is 1. The molecule has 0 aliphatic carbocycles. The molecule has 0 saturated heterocycles. The average molecular weight is 427 g/mol. The van der Waals surface area contributed by atoms with Crippen molar-refractivity contribution in [2.45, 2.75) is 46.1 Å². The molecule has 0 spiro atoms. The van der Waals surface area contributed by atoms with Gasteiger partial charge >= 0.3 is 0 Å². The molecule has 32 heavy (non-hydrogen) atoms. The van der Waals surface area contributed by atoms with Gasteiger partial charge in [-0.25, -0.2) is 0 Å². The third-order valence-corrected chi connectivity index (χ3v) is 5.60. The number of ether oxygens (including phenoxy) is 2. The van der Waals surface area contributed by atoms with E-state index in [4.69, 9.17) is 9.47 Å². The first-order valence-corrected chi connectivity index (χ1v) is 10.8. The number of benzene rings is 2. The maximum atomic E-state index is 12.4. The first-order valence-electron chi connectivity index (χ1n) is 10.8. The van der Waals surface area contributed by atoms with Gasteiger partial charge in [0.2, 0.25) is 0 Å². The fourth-order valence-corrected chi connectivity index (χ4v) is 4.19. The van der Waals surface area contributed by atoms with Gasteiger partial charge in [-0.1, -0.05) is 26.0 Å². The summed E-state index contributed by atoms with van der Waals surface area (Å²) < 4.78 is 12.6. The second-order valence-corrected chi connectivity index (χ2v) is 8.45. The Bertz CT molecular complexity index is 1190. The zero-order valence-electron chi connectivity index (χ0n) is 18.8. The van der Waals surface area contributed by atoms with Crippen LogP contribution in [0.2, 0.25) is 0 Å². The molecule has 3 aromatic rings. The number of fused-ring (bicyclic) bond motifs is 1. The van der Waals surface area contributed by atoms with E-state index >= 15 is 0 Å². The summed E-state index contributed by atoms with van der Waals surface area (Å²) in [7, 11) is 0. The minimum Gasteiger partial charge on any atom is -0.492 e. The molecule has 4 rings (SSSR count). The minimum atomic E-state index is -0.405. The minimum absolute atomic E-state index is 0.101. The van der Waals surface area contributed by atoms with Crippen molar-refractivity contribution in [2.24, 2.45) is 0 Å². The van der Waals surface area contributed by atoms with Gasteiger partial charge in [-0.3, -0.25) is 9.78 Å². The van der Waals surface area contributed by atoms with Gasteiger partial charge in [-0.15, -0.1) is 0 Å². The Hall–Kier alpha value is -3.65. The molecule has 0 bridgehead atoms. The molecule has 0 fully saturated rings. The highest BCUT2D eigenvalue weighted by Crippen LogP contribution is 2.42. The number of rotatable bonds is 5. The molecule has 2 aromatic carbocycles. The van der Waals surface area contributed by atoms with Crippen LogP contribution in [0.4, 0.5) is 0 Å². The van der Waals surface area contributed by atoms with Crippen LogP contribution in [-0.4, -0.2) is 17.4 Å². The maximum absolute atomic E-state index is 12.4. The highest BCUT2D eigenvalue weighted by molar-refractivity contribution is 6.00. The lowest BCUT2D eigenvalue weighted by atomic mass is 9.93. The molecule has 0 amide bonds. The number of hydrogen-bond donors (Lipinski definition) is 0. The van der Waals surface area contributed by atoms with E-state index in [2.05, 4.69) is 24.9 Å². The third-order valence-electron chi connectivity index (χ3n) is 5.60. The summed E-state index contributed by atoms with van der Waals surface area (Å²) in [6.45, 7) is 8.45. The summed E-state index contributed by atoms with van der Waals surface area (Å²) >= 11 is 0. The first-order chi connectivity index (χ1) is 15.4. The molecule has 5 nitrogen and oxygen atoms in total. The van der Waals surface area contributed by atoms with Crippen molar-refractivity contribution in [3.63, 3.8) is 0 Å². The summed E-state index contributed by atoms with van der Waals surface area (Å²) in [5.74, 6) is 1.53. The van der Waals surface area contributed by atoms with Crippen LogP contribution >= 0.6 is 0 Å². The van der Waals surface area contributed by atoms with Crippen molar-refractivity contribution in [3.8, 4) is 17.6 Å². The van der Waals surface area contributed by atoms with E-state index in [-0.39, 0.29) is 11.7 Å². The number of nitriles is 1. The van der Waals surface area contributed by atoms with Crippen LogP contribution in [-0.2, 0) is 0 Å². The van der Waals surface area contributed by atoms with Crippen LogP contribution < -0.4 is 9.47 Å². The average Bonchev–Trinajstić information content (AvgIpc) is 2.76. The number of aryl methyl sites for hydroxylation is 2. The van der Waals surface area contributed by atoms with Gasteiger partial charge in [0, 0.05) is 28.9 Å². The highest BCUT2D eigenvalue weighted by Gasteiger charge is 2.27. The zero-order chi connectivity index (χ0) is 22.8. The smallest absolute Gasteiger partial charge is 0.170 e. The van der Waals surface area contributed by atoms with Gasteiger partial charge in [-0.05, 0) is 61.7 Å². The molecule has 1 aliphatic rings. The second kappa shape index (κ2) is 8.84.